The van der Waals surface area contributed by atoms with Crippen molar-refractivity contribution in [3.63, 3.8) is 0 Å². The largest absolute Gasteiger partial charge is 0.478 e. The molecule has 20 heavy (non-hydrogen) atoms. The van der Waals surface area contributed by atoms with Crippen molar-refractivity contribution in [1.29, 1.82) is 0 Å². The Bertz CT molecular complexity index is 519. The number of halogens is 1. The molecule has 1 aromatic heterocycles. The van der Waals surface area contributed by atoms with E-state index in [-0.39, 0.29) is 11.4 Å². The van der Waals surface area contributed by atoms with Gasteiger partial charge in [0, 0.05) is 18.8 Å². The minimum Gasteiger partial charge on any atom is -0.478 e. The van der Waals surface area contributed by atoms with Gasteiger partial charge in [-0.25, -0.2) is 14.2 Å². The number of fused-ring (bicyclic) bond motifs is 1. The van der Waals surface area contributed by atoms with E-state index in [2.05, 4.69) is 4.98 Å². The minimum absolute atomic E-state index is 0.224. The number of rotatable bonds is 2. The van der Waals surface area contributed by atoms with Gasteiger partial charge in [0.2, 0.25) is 0 Å². The summed E-state index contributed by atoms with van der Waals surface area (Å²) in [6.07, 6.45) is 8.29. The number of piperidine rings is 1. The van der Waals surface area contributed by atoms with E-state index in [1.54, 1.807) is 0 Å². The molecule has 2 aliphatic rings. The minimum atomic E-state index is -1.23. The highest BCUT2D eigenvalue weighted by Gasteiger charge is 2.35. The lowest BCUT2D eigenvalue weighted by atomic mass is 9.78. The molecule has 1 saturated carbocycles. The van der Waals surface area contributed by atoms with Gasteiger partial charge >= 0.3 is 5.97 Å². The second kappa shape index (κ2) is 5.38. The number of hydrogen-bond acceptors (Lipinski definition) is 3. The molecule has 0 aromatic carbocycles. The lowest BCUT2D eigenvalue weighted by molar-refractivity contribution is 0.0691. The van der Waals surface area contributed by atoms with Crippen molar-refractivity contribution >= 4 is 11.8 Å². The summed E-state index contributed by atoms with van der Waals surface area (Å²) in [7, 11) is 0. The fourth-order valence-electron chi connectivity index (χ4n) is 3.69. The molecule has 1 saturated heterocycles. The first kappa shape index (κ1) is 13.3. The van der Waals surface area contributed by atoms with Gasteiger partial charge in [-0.2, -0.15) is 0 Å². The Morgan fingerprint density at radius 3 is 2.85 bits per heavy atom. The fraction of sp³-hybridized carbons (Fsp3) is 0.600. The van der Waals surface area contributed by atoms with Gasteiger partial charge in [-0.3, -0.25) is 0 Å². The molecule has 5 heteroatoms. The van der Waals surface area contributed by atoms with Crippen molar-refractivity contribution in [2.75, 3.05) is 11.4 Å². The number of aromatic nitrogens is 1. The predicted molar refractivity (Wildman–Crippen MR) is 73.5 cm³/mol. The second-order valence-electron chi connectivity index (χ2n) is 5.75. The quantitative estimate of drug-likeness (QED) is 0.903. The van der Waals surface area contributed by atoms with Crippen LogP contribution in [0.25, 0.3) is 0 Å². The Hall–Kier alpha value is -1.65. The molecule has 2 heterocycles. The topological polar surface area (TPSA) is 53.4 Å². The van der Waals surface area contributed by atoms with Crippen LogP contribution in [-0.4, -0.2) is 28.6 Å². The number of nitrogens with zero attached hydrogens (tertiary/aromatic N) is 2. The molecule has 1 N–H and O–H groups in total. The average Bonchev–Trinajstić information content (AvgIpc) is 2.47. The summed E-state index contributed by atoms with van der Waals surface area (Å²) in [4.78, 5) is 17.2. The number of anilines is 1. The number of carboxylic acid groups (broad SMARTS) is 1. The Morgan fingerprint density at radius 2 is 2.05 bits per heavy atom. The second-order valence-corrected chi connectivity index (χ2v) is 5.75. The van der Waals surface area contributed by atoms with Crippen LogP contribution in [-0.2, 0) is 0 Å². The predicted octanol–water partition coefficient (Wildman–Crippen LogP) is 3.08. The van der Waals surface area contributed by atoms with Gasteiger partial charge in [0.1, 0.15) is 5.56 Å². The van der Waals surface area contributed by atoms with Gasteiger partial charge in [-0.05, 0) is 37.7 Å². The van der Waals surface area contributed by atoms with Crippen LogP contribution in [0.15, 0.2) is 12.3 Å². The normalized spacial score (nSPS) is 26.1. The van der Waals surface area contributed by atoms with Crippen molar-refractivity contribution in [2.45, 2.75) is 44.6 Å². The summed E-state index contributed by atoms with van der Waals surface area (Å²) in [5, 5.41) is 9.03. The summed E-state index contributed by atoms with van der Waals surface area (Å²) in [5.41, 5.74) is -0.284. The van der Waals surface area contributed by atoms with Crippen molar-refractivity contribution in [3.05, 3.63) is 23.6 Å². The highest BCUT2D eigenvalue weighted by Crippen LogP contribution is 2.38. The van der Waals surface area contributed by atoms with E-state index < -0.39 is 11.8 Å². The molecule has 1 aliphatic heterocycles. The van der Waals surface area contributed by atoms with Crippen molar-refractivity contribution in [2.24, 2.45) is 5.92 Å². The standard InChI is InChI=1S/C15H19FN2O2/c16-13-11(15(19)20)7-8-17-14(13)18-9-3-5-10-4-1-2-6-12(10)18/h7-8,10,12H,1-6,9H2,(H,19,20)/t10-,12-/m1/s1. The van der Waals surface area contributed by atoms with Gasteiger partial charge in [0.15, 0.2) is 11.6 Å². The van der Waals surface area contributed by atoms with Gasteiger partial charge < -0.3 is 10.0 Å². The number of carboxylic acids is 1. The van der Waals surface area contributed by atoms with Crippen LogP contribution in [0.1, 0.15) is 48.9 Å². The summed E-state index contributed by atoms with van der Waals surface area (Å²) in [5.74, 6) is -1.09. The van der Waals surface area contributed by atoms with E-state index in [9.17, 15) is 9.18 Å². The third kappa shape index (κ3) is 2.25. The Balaban J connectivity index is 1.95. The maximum Gasteiger partial charge on any atom is 0.338 e. The SMILES string of the molecule is O=C(O)c1ccnc(N2CCC[C@H]3CCCC[C@H]32)c1F. The summed E-state index contributed by atoms with van der Waals surface area (Å²) < 4.78 is 14.4. The van der Waals surface area contributed by atoms with E-state index in [1.807, 2.05) is 4.90 Å². The van der Waals surface area contributed by atoms with E-state index >= 15 is 0 Å². The summed E-state index contributed by atoms with van der Waals surface area (Å²) in [6, 6.07) is 1.55. The number of aromatic carboxylic acids is 1. The molecule has 0 spiro atoms. The monoisotopic (exact) mass is 278 g/mol. The van der Waals surface area contributed by atoms with Crippen LogP contribution in [0.2, 0.25) is 0 Å². The van der Waals surface area contributed by atoms with Crippen LogP contribution in [0, 0.1) is 11.7 Å². The highest BCUT2D eigenvalue weighted by molar-refractivity contribution is 5.88. The molecule has 0 bridgehead atoms. The molecule has 2 fully saturated rings. The highest BCUT2D eigenvalue weighted by atomic mass is 19.1. The maximum atomic E-state index is 14.4. The van der Waals surface area contributed by atoms with E-state index in [1.165, 1.54) is 31.5 Å². The average molecular weight is 278 g/mol. The summed E-state index contributed by atoms with van der Waals surface area (Å²) >= 11 is 0. The maximum absolute atomic E-state index is 14.4. The third-order valence-corrected chi connectivity index (χ3v) is 4.62. The van der Waals surface area contributed by atoms with E-state index in [0.29, 0.717) is 12.0 Å². The molecular weight excluding hydrogens is 259 g/mol. The lowest BCUT2D eigenvalue weighted by Gasteiger charge is -2.44. The number of hydrogen-bond donors (Lipinski definition) is 1. The van der Waals surface area contributed by atoms with E-state index in [0.717, 1.165) is 25.8 Å². The molecule has 3 rings (SSSR count). The van der Waals surface area contributed by atoms with Crippen LogP contribution >= 0.6 is 0 Å². The molecule has 2 atom stereocenters. The number of pyridine rings is 1. The first-order valence-electron chi connectivity index (χ1n) is 7.33. The van der Waals surface area contributed by atoms with Crippen molar-refractivity contribution in [3.8, 4) is 0 Å². The first-order chi connectivity index (χ1) is 9.68. The Kier molecular flexibility index (Phi) is 3.59. The zero-order valence-electron chi connectivity index (χ0n) is 11.4. The van der Waals surface area contributed by atoms with Gasteiger partial charge in [0.25, 0.3) is 0 Å². The first-order valence-corrected chi connectivity index (χ1v) is 7.33. The van der Waals surface area contributed by atoms with Gasteiger partial charge in [0.05, 0.1) is 0 Å². The van der Waals surface area contributed by atoms with Crippen LogP contribution in [0.4, 0.5) is 10.2 Å². The smallest absolute Gasteiger partial charge is 0.338 e. The lowest BCUT2D eigenvalue weighted by Crippen LogP contribution is -2.47. The van der Waals surface area contributed by atoms with Gasteiger partial charge in [-0.1, -0.05) is 12.8 Å². The van der Waals surface area contributed by atoms with Crippen LogP contribution in [0.3, 0.4) is 0 Å². The molecule has 0 radical (unpaired) electrons. The molecule has 0 amide bonds. The van der Waals surface area contributed by atoms with E-state index in [4.69, 9.17) is 5.11 Å². The number of carbonyl (C=O) groups is 1. The molecular formula is C15H19FN2O2. The zero-order chi connectivity index (χ0) is 14.1. The molecule has 108 valence electrons. The molecule has 1 aliphatic carbocycles. The Labute approximate surface area is 117 Å². The molecule has 0 unspecified atom stereocenters. The molecule has 4 nitrogen and oxygen atoms in total. The zero-order valence-corrected chi connectivity index (χ0v) is 11.4. The third-order valence-electron chi connectivity index (χ3n) is 4.62. The van der Waals surface area contributed by atoms with Crippen LogP contribution in [0.5, 0.6) is 0 Å². The fourth-order valence-corrected chi connectivity index (χ4v) is 3.69. The molecule has 1 aromatic rings. The Morgan fingerprint density at radius 1 is 1.30 bits per heavy atom. The van der Waals surface area contributed by atoms with Crippen LogP contribution < -0.4 is 4.90 Å². The van der Waals surface area contributed by atoms with Crippen molar-refractivity contribution < 1.29 is 14.3 Å². The van der Waals surface area contributed by atoms with Crippen molar-refractivity contribution in [1.82, 2.24) is 4.98 Å². The van der Waals surface area contributed by atoms with Gasteiger partial charge in [-0.15, -0.1) is 0 Å². The summed E-state index contributed by atoms with van der Waals surface area (Å²) in [6.45, 7) is 0.772.